The number of ether oxygens (including phenoxy) is 1. The van der Waals surface area contributed by atoms with Crippen LogP contribution in [0, 0.1) is 5.41 Å². The first-order chi connectivity index (χ1) is 7.31. The molecule has 0 aromatic carbocycles. The van der Waals surface area contributed by atoms with Crippen molar-refractivity contribution in [1.29, 1.82) is 0 Å². The van der Waals surface area contributed by atoms with Crippen molar-refractivity contribution >= 4 is 17.8 Å². The van der Waals surface area contributed by atoms with Crippen LogP contribution in [0.5, 0.6) is 0 Å². The monoisotopic (exact) mass is 233 g/mol. The molecule has 0 aliphatic heterocycles. The van der Waals surface area contributed by atoms with Crippen LogP contribution in [0.4, 0.5) is 0 Å². The third-order valence-corrected chi connectivity index (χ3v) is 2.01. The Morgan fingerprint density at radius 1 is 1.31 bits per heavy atom. The Morgan fingerprint density at radius 3 is 2.25 bits per heavy atom. The van der Waals surface area contributed by atoms with Crippen molar-refractivity contribution in [3.8, 4) is 0 Å². The fourth-order valence-corrected chi connectivity index (χ4v) is 1.02. The van der Waals surface area contributed by atoms with Gasteiger partial charge in [-0.3, -0.25) is 14.4 Å². The molecule has 0 radical (unpaired) electrons. The summed E-state index contributed by atoms with van der Waals surface area (Å²) in [4.78, 5) is 32.4. The Morgan fingerprint density at radius 2 is 1.88 bits per heavy atom. The van der Waals surface area contributed by atoms with E-state index in [1.54, 1.807) is 0 Å². The van der Waals surface area contributed by atoms with Gasteiger partial charge in [0, 0.05) is 13.7 Å². The molecule has 0 saturated carbocycles. The van der Waals surface area contributed by atoms with E-state index in [4.69, 9.17) is 10.2 Å². The molecule has 0 aliphatic carbocycles. The summed E-state index contributed by atoms with van der Waals surface area (Å²) in [6.45, 7) is 0.816. The maximum Gasteiger partial charge on any atom is 0.311 e. The minimum absolute atomic E-state index is 0.192. The van der Waals surface area contributed by atoms with Gasteiger partial charge in [-0.25, -0.2) is 0 Å². The van der Waals surface area contributed by atoms with Crippen LogP contribution in [-0.4, -0.2) is 48.3 Å². The van der Waals surface area contributed by atoms with E-state index in [0.29, 0.717) is 0 Å². The summed E-state index contributed by atoms with van der Waals surface area (Å²) in [6, 6.07) is 0. The number of rotatable bonds is 7. The molecule has 0 heterocycles. The second-order valence-electron chi connectivity index (χ2n) is 3.65. The van der Waals surface area contributed by atoms with E-state index in [0.717, 1.165) is 0 Å². The number of nitrogens with one attached hydrogen (secondary N) is 1. The molecule has 0 rings (SSSR count). The van der Waals surface area contributed by atoms with Crippen LogP contribution < -0.4 is 5.32 Å². The average Bonchev–Trinajstić information content (AvgIpc) is 2.14. The normalized spacial score (nSPS) is 13.9. The summed E-state index contributed by atoms with van der Waals surface area (Å²) in [5.41, 5.74) is -1.52. The largest absolute Gasteiger partial charge is 0.481 e. The summed E-state index contributed by atoms with van der Waals surface area (Å²) in [6.07, 6.45) is -0.560. The molecule has 0 aromatic rings. The molecule has 3 N–H and O–H groups in total. The van der Waals surface area contributed by atoms with Crippen molar-refractivity contribution in [3.05, 3.63) is 0 Å². The van der Waals surface area contributed by atoms with Gasteiger partial charge < -0.3 is 20.3 Å². The molecule has 0 aliphatic rings. The van der Waals surface area contributed by atoms with E-state index in [9.17, 15) is 14.4 Å². The Kier molecular flexibility index (Phi) is 5.44. The summed E-state index contributed by atoms with van der Waals surface area (Å²) < 4.78 is 4.53. The van der Waals surface area contributed by atoms with E-state index in [2.05, 4.69) is 10.1 Å². The van der Waals surface area contributed by atoms with Crippen molar-refractivity contribution in [2.45, 2.75) is 13.3 Å². The third kappa shape index (κ3) is 4.74. The molecule has 0 aromatic heterocycles. The Balaban J connectivity index is 4.39. The molecular formula is C9H15NO6. The summed E-state index contributed by atoms with van der Waals surface area (Å²) in [7, 11) is 1.33. The highest BCUT2D eigenvalue weighted by Crippen LogP contribution is 2.20. The number of carbonyl (C=O) groups is 3. The van der Waals surface area contributed by atoms with Gasteiger partial charge in [-0.2, -0.15) is 0 Å². The number of carboxylic acids is 2. The zero-order valence-corrected chi connectivity index (χ0v) is 9.15. The van der Waals surface area contributed by atoms with E-state index < -0.39 is 29.7 Å². The lowest BCUT2D eigenvalue weighted by atomic mass is 9.87. The van der Waals surface area contributed by atoms with Gasteiger partial charge in [-0.05, 0) is 6.92 Å². The maximum absolute atomic E-state index is 11.0. The molecular weight excluding hydrogens is 218 g/mol. The topological polar surface area (TPSA) is 113 Å². The van der Waals surface area contributed by atoms with E-state index in [1.807, 2.05) is 0 Å². The third-order valence-electron chi connectivity index (χ3n) is 2.01. The number of methoxy groups -OCH3 is 1. The molecule has 0 bridgehead atoms. The number of amides is 1. The second kappa shape index (κ2) is 6.06. The fourth-order valence-electron chi connectivity index (χ4n) is 1.02. The van der Waals surface area contributed by atoms with Crippen molar-refractivity contribution in [3.63, 3.8) is 0 Å². The van der Waals surface area contributed by atoms with Gasteiger partial charge in [0.2, 0.25) is 5.91 Å². The molecule has 7 heteroatoms. The first-order valence-electron chi connectivity index (χ1n) is 4.52. The Hall–Kier alpha value is -1.63. The maximum atomic E-state index is 11.0. The van der Waals surface area contributed by atoms with Crippen molar-refractivity contribution in [2.24, 2.45) is 5.41 Å². The highest BCUT2D eigenvalue weighted by Gasteiger charge is 2.36. The van der Waals surface area contributed by atoms with Gasteiger partial charge >= 0.3 is 11.9 Å². The molecule has 1 amide bonds. The predicted octanol–water partition coefficient (Wildman–Crippen LogP) is -0.685. The van der Waals surface area contributed by atoms with Gasteiger partial charge in [0.15, 0.2) is 0 Å². The Bertz CT molecular complexity index is 290. The number of hydrogen-bond acceptors (Lipinski definition) is 4. The van der Waals surface area contributed by atoms with Crippen LogP contribution in [0.15, 0.2) is 0 Å². The molecule has 0 spiro atoms. The van der Waals surface area contributed by atoms with Crippen LogP contribution in [0.3, 0.4) is 0 Å². The number of carboxylic acid groups (broad SMARTS) is 2. The quantitative estimate of drug-likeness (QED) is 0.536. The zero-order chi connectivity index (χ0) is 12.8. The highest BCUT2D eigenvalue weighted by molar-refractivity contribution is 5.83. The smallest absolute Gasteiger partial charge is 0.311 e. The van der Waals surface area contributed by atoms with Crippen LogP contribution in [0.2, 0.25) is 0 Å². The predicted molar refractivity (Wildman–Crippen MR) is 52.9 cm³/mol. The molecule has 16 heavy (non-hydrogen) atoms. The highest BCUT2D eigenvalue weighted by atomic mass is 16.5. The molecule has 1 atom stereocenters. The van der Waals surface area contributed by atoms with Gasteiger partial charge in [-0.15, -0.1) is 0 Å². The lowest BCUT2D eigenvalue weighted by Gasteiger charge is -2.22. The van der Waals surface area contributed by atoms with E-state index >= 15 is 0 Å². The number of aliphatic carboxylic acids is 2. The standard InChI is InChI=1S/C9H15NO6/c1-9(8(14)15,3-7(12)13)5-10-6(11)4-16-2/h3-5H2,1-2H3,(H,10,11)(H,12,13)(H,14,15). The second-order valence-corrected chi connectivity index (χ2v) is 3.65. The molecule has 7 nitrogen and oxygen atoms in total. The van der Waals surface area contributed by atoms with Crippen LogP contribution in [0.1, 0.15) is 13.3 Å². The lowest BCUT2D eigenvalue weighted by Crippen LogP contribution is -2.43. The first-order valence-corrected chi connectivity index (χ1v) is 4.52. The summed E-state index contributed by atoms with van der Waals surface area (Å²) in [5.74, 6) is -2.99. The molecule has 0 fully saturated rings. The van der Waals surface area contributed by atoms with Crippen LogP contribution in [0.25, 0.3) is 0 Å². The molecule has 92 valence electrons. The summed E-state index contributed by atoms with van der Waals surface area (Å²) >= 11 is 0. The van der Waals surface area contributed by atoms with Gasteiger partial charge in [0.1, 0.15) is 6.61 Å². The number of hydrogen-bond donors (Lipinski definition) is 3. The molecule has 1 unspecified atom stereocenters. The number of carbonyl (C=O) groups excluding carboxylic acids is 1. The van der Waals surface area contributed by atoms with Crippen molar-refractivity contribution < 1.29 is 29.3 Å². The van der Waals surface area contributed by atoms with Gasteiger partial charge in [-0.1, -0.05) is 0 Å². The SMILES string of the molecule is COCC(=O)NCC(C)(CC(=O)O)C(=O)O. The Labute approximate surface area is 92.4 Å². The fraction of sp³-hybridized carbons (Fsp3) is 0.667. The van der Waals surface area contributed by atoms with E-state index in [-0.39, 0.29) is 13.2 Å². The minimum Gasteiger partial charge on any atom is -0.481 e. The van der Waals surface area contributed by atoms with Crippen LogP contribution >= 0.6 is 0 Å². The first kappa shape index (κ1) is 14.4. The van der Waals surface area contributed by atoms with Gasteiger partial charge in [0.25, 0.3) is 0 Å². The van der Waals surface area contributed by atoms with Gasteiger partial charge in [0.05, 0.1) is 11.8 Å². The van der Waals surface area contributed by atoms with Crippen molar-refractivity contribution in [2.75, 3.05) is 20.3 Å². The summed E-state index contributed by atoms with van der Waals surface area (Å²) in [5, 5.41) is 19.7. The van der Waals surface area contributed by atoms with Crippen molar-refractivity contribution in [1.82, 2.24) is 5.32 Å². The molecule has 0 saturated heterocycles. The minimum atomic E-state index is -1.52. The average molecular weight is 233 g/mol. The van der Waals surface area contributed by atoms with Crippen LogP contribution in [-0.2, 0) is 19.1 Å². The lowest BCUT2D eigenvalue weighted by molar-refractivity contribution is -0.154. The van der Waals surface area contributed by atoms with E-state index in [1.165, 1.54) is 14.0 Å². The zero-order valence-electron chi connectivity index (χ0n) is 9.15.